The van der Waals surface area contributed by atoms with Crippen LogP contribution in [0.15, 0.2) is 60.7 Å². The smallest absolute Gasteiger partial charge is 0.262 e. The zero-order valence-corrected chi connectivity index (χ0v) is 31.4. The van der Waals surface area contributed by atoms with Crippen molar-refractivity contribution in [1.29, 1.82) is 5.26 Å². The van der Waals surface area contributed by atoms with Crippen LogP contribution in [0.3, 0.4) is 0 Å². The van der Waals surface area contributed by atoms with E-state index in [1.165, 1.54) is 0 Å². The van der Waals surface area contributed by atoms with E-state index in [4.69, 9.17) is 11.6 Å². The molecule has 3 saturated heterocycles. The van der Waals surface area contributed by atoms with Gasteiger partial charge in [0.15, 0.2) is 0 Å². The molecule has 1 aliphatic carbocycles. The van der Waals surface area contributed by atoms with E-state index in [2.05, 4.69) is 43.4 Å². The molecule has 55 heavy (non-hydrogen) atoms. The first-order chi connectivity index (χ1) is 26.6. The average molecular weight is 763 g/mol. The first-order valence-electron chi connectivity index (χ1n) is 19.0. The average Bonchev–Trinajstić information content (AvgIpc) is 3.42. The van der Waals surface area contributed by atoms with Gasteiger partial charge in [-0.2, -0.15) is 5.26 Å². The number of nitriles is 1. The maximum Gasteiger partial charge on any atom is 0.262 e. The van der Waals surface area contributed by atoms with Crippen LogP contribution in [0.25, 0.3) is 0 Å². The second kappa shape index (κ2) is 15.0. The second-order valence-corrected chi connectivity index (χ2v) is 15.6. The number of anilines is 3. The largest absolute Gasteiger partial charge is 0.372 e. The fraction of sp³-hybridized carbons (Fsp3) is 0.415. The Morgan fingerprint density at radius 3 is 2.20 bits per heavy atom. The monoisotopic (exact) mass is 762 g/mol. The third kappa shape index (κ3) is 7.12. The van der Waals surface area contributed by atoms with Gasteiger partial charge in [0.1, 0.15) is 12.1 Å². The summed E-state index contributed by atoms with van der Waals surface area (Å²) in [5, 5.41) is 15.1. The van der Waals surface area contributed by atoms with Crippen LogP contribution in [0.4, 0.5) is 17.1 Å². The molecule has 0 spiro atoms. The number of nitrogens with zero attached hydrogens (tertiary/aromatic N) is 6. The Hall–Kier alpha value is -5.45. The molecule has 5 amide bonds. The van der Waals surface area contributed by atoms with Gasteiger partial charge in [0.05, 0.1) is 21.7 Å². The molecule has 14 heteroatoms. The van der Waals surface area contributed by atoms with Crippen LogP contribution in [0.5, 0.6) is 0 Å². The number of rotatable bonds is 8. The van der Waals surface area contributed by atoms with Gasteiger partial charge in [-0.15, -0.1) is 0 Å². The van der Waals surface area contributed by atoms with Crippen molar-refractivity contribution in [2.24, 2.45) is 0 Å². The zero-order chi connectivity index (χ0) is 38.4. The number of carbonyl (C=O) groups is 5. The van der Waals surface area contributed by atoms with E-state index in [-0.39, 0.29) is 30.4 Å². The van der Waals surface area contributed by atoms with Gasteiger partial charge >= 0.3 is 0 Å². The number of amides is 5. The van der Waals surface area contributed by atoms with Crippen molar-refractivity contribution < 1.29 is 24.0 Å². The molecule has 8 rings (SSSR count). The molecule has 0 radical (unpaired) electrons. The van der Waals surface area contributed by atoms with Crippen molar-refractivity contribution in [3.63, 3.8) is 0 Å². The highest BCUT2D eigenvalue weighted by Crippen LogP contribution is 2.33. The van der Waals surface area contributed by atoms with Crippen molar-refractivity contribution in [1.82, 2.24) is 20.4 Å². The molecule has 0 bridgehead atoms. The second-order valence-electron chi connectivity index (χ2n) is 15.2. The number of hydrogen-bond donors (Lipinski definition) is 2. The van der Waals surface area contributed by atoms with Crippen molar-refractivity contribution >= 4 is 58.2 Å². The maximum atomic E-state index is 13.3. The molecule has 5 aliphatic rings. The molecular weight excluding hydrogens is 720 g/mol. The van der Waals surface area contributed by atoms with Gasteiger partial charge in [0.2, 0.25) is 11.8 Å². The molecule has 284 valence electrons. The maximum absolute atomic E-state index is 13.3. The first-order valence-corrected chi connectivity index (χ1v) is 19.4. The van der Waals surface area contributed by atoms with E-state index in [1.54, 1.807) is 18.2 Å². The third-order valence-corrected chi connectivity index (χ3v) is 12.3. The Bertz CT molecular complexity index is 2080. The molecule has 3 aromatic rings. The van der Waals surface area contributed by atoms with Crippen molar-refractivity contribution in [3.05, 3.63) is 87.9 Å². The number of carbonyl (C=O) groups excluding carboxylic acids is 5. The Morgan fingerprint density at radius 2 is 1.53 bits per heavy atom. The quantitative estimate of drug-likeness (QED) is 0.325. The summed E-state index contributed by atoms with van der Waals surface area (Å²) in [6, 6.07) is 20.7. The van der Waals surface area contributed by atoms with Gasteiger partial charge < -0.3 is 20.0 Å². The number of hydrogen-bond acceptors (Lipinski definition) is 10. The number of fused-ring (bicyclic) bond motifs is 1. The summed E-state index contributed by atoms with van der Waals surface area (Å²) in [7, 11) is 2.05. The molecule has 4 heterocycles. The lowest BCUT2D eigenvalue weighted by Crippen LogP contribution is -2.63. The Morgan fingerprint density at radius 1 is 0.836 bits per heavy atom. The molecule has 4 aliphatic heterocycles. The number of nitrogens with one attached hydrogen (secondary N) is 2. The SMILES string of the molecule is CN(c1ccc(C#N)c(Cl)c1)C1CCC(NC(=O)c2ccc(N3CC(N4CCN(c5ccc6c(c5)C(=O)N(C5CCC(=O)NC5=O)C6=O)CC4)C3)cc2)CC1. The number of halogens is 1. The Balaban J connectivity index is 0.779. The molecule has 1 unspecified atom stereocenters. The molecule has 13 nitrogen and oxygen atoms in total. The standard InChI is InChI=1S/C41H43ClN8O5/c1-46(30-9-4-26(22-43)35(42)21-30)28-10-5-27(6-11-28)44-38(52)25-2-7-29(8-3-25)49-23-32(24-49)48-18-16-47(17-19-48)31-12-13-33-34(20-31)41(55)50(40(33)54)36-14-15-37(51)45-39(36)53/h2-4,7-9,12-13,20-21,27-28,32,36H,5-6,10-11,14-19,23-24H2,1H3,(H,44,52)(H,45,51,53). The van der Waals surface area contributed by atoms with Gasteiger partial charge in [-0.05, 0) is 92.8 Å². The normalized spacial score (nSPS) is 23.2. The summed E-state index contributed by atoms with van der Waals surface area (Å²) in [5.74, 6) is -2.04. The lowest BCUT2D eigenvalue weighted by Gasteiger charge is -2.49. The van der Waals surface area contributed by atoms with Gasteiger partial charge in [-0.25, -0.2) is 0 Å². The van der Waals surface area contributed by atoms with Crippen LogP contribution in [0.2, 0.25) is 5.02 Å². The fourth-order valence-corrected chi connectivity index (χ4v) is 8.84. The topological polar surface area (TPSA) is 149 Å². The van der Waals surface area contributed by atoms with Crippen LogP contribution in [0, 0.1) is 11.3 Å². The minimum Gasteiger partial charge on any atom is -0.372 e. The highest BCUT2D eigenvalue weighted by molar-refractivity contribution is 6.32. The first kappa shape index (κ1) is 36.5. The number of piperidine rings is 1. The van der Waals surface area contributed by atoms with E-state index in [0.29, 0.717) is 33.8 Å². The van der Waals surface area contributed by atoms with E-state index in [1.807, 2.05) is 42.5 Å². The van der Waals surface area contributed by atoms with Crippen LogP contribution in [-0.4, -0.2) is 110 Å². The molecule has 1 atom stereocenters. The number of imide groups is 2. The summed E-state index contributed by atoms with van der Waals surface area (Å²) >= 11 is 6.26. The zero-order valence-electron chi connectivity index (χ0n) is 30.7. The van der Waals surface area contributed by atoms with Crippen molar-refractivity contribution in [3.8, 4) is 6.07 Å². The molecule has 1 saturated carbocycles. The summed E-state index contributed by atoms with van der Waals surface area (Å²) < 4.78 is 0. The predicted molar refractivity (Wildman–Crippen MR) is 207 cm³/mol. The van der Waals surface area contributed by atoms with E-state index < -0.39 is 29.7 Å². The van der Waals surface area contributed by atoms with Gasteiger partial charge in [-0.3, -0.25) is 39.1 Å². The van der Waals surface area contributed by atoms with Crippen molar-refractivity contribution in [2.45, 2.75) is 62.7 Å². The van der Waals surface area contributed by atoms with E-state index in [0.717, 1.165) is 86.9 Å². The van der Waals surface area contributed by atoms with Gasteiger partial charge in [0, 0.05) is 93.5 Å². The summed E-state index contributed by atoms with van der Waals surface area (Å²) in [5.41, 5.74) is 4.67. The van der Waals surface area contributed by atoms with Crippen LogP contribution < -0.4 is 25.3 Å². The Labute approximate surface area is 324 Å². The lowest BCUT2D eigenvalue weighted by molar-refractivity contribution is -0.136. The lowest BCUT2D eigenvalue weighted by atomic mass is 9.90. The van der Waals surface area contributed by atoms with Crippen LogP contribution >= 0.6 is 11.6 Å². The van der Waals surface area contributed by atoms with Crippen LogP contribution in [0.1, 0.15) is 75.2 Å². The minimum atomic E-state index is -0.977. The van der Waals surface area contributed by atoms with E-state index >= 15 is 0 Å². The highest BCUT2D eigenvalue weighted by atomic mass is 35.5. The molecule has 3 aromatic carbocycles. The highest BCUT2D eigenvalue weighted by Gasteiger charge is 2.45. The number of piperazine rings is 1. The van der Waals surface area contributed by atoms with Gasteiger partial charge in [0.25, 0.3) is 17.7 Å². The number of benzene rings is 3. The van der Waals surface area contributed by atoms with E-state index in [9.17, 15) is 29.2 Å². The fourth-order valence-electron chi connectivity index (χ4n) is 8.62. The summed E-state index contributed by atoms with van der Waals surface area (Å²) in [6.07, 6.45) is 3.91. The van der Waals surface area contributed by atoms with Crippen molar-refractivity contribution in [2.75, 3.05) is 61.0 Å². The predicted octanol–water partition coefficient (Wildman–Crippen LogP) is 3.80. The molecule has 4 fully saturated rings. The minimum absolute atomic E-state index is 0.0486. The Kier molecular flexibility index (Phi) is 9.96. The molecular formula is C41H43ClN8O5. The summed E-state index contributed by atoms with van der Waals surface area (Å²) in [6.45, 7) is 5.11. The van der Waals surface area contributed by atoms with Gasteiger partial charge in [-0.1, -0.05) is 11.6 Å². The third-order valence-electron chi connectivity index (χ3n) is 12.0. The molecule has 2 N–H and O–H groups in total. The van der Waals surface area contributed by atoms with Crippen LogP contribution in [-0.2, 0) is 9.59 Å². The molecule has 0 aromatic heterocycles. The summed E-state index contributed by atoms with van der Waals surface area (Å²) in [4.78, 5) is 73.8.